The summed E-state index contributed by atoms with van der Waals surface area (Å²) in [4.78, 5) is 0. The number of phenols is 1. The van der Waals surface area contributed by atoms with Crippen LogP contribution < -0.4 is 0 Å². The highest BCUT2D eigenvalue weighted by Crippen LogP contribution is 2.41. The van der Waals surface area contributed by atoms with Gasteiger partial charge in [0, 0.05) is 0 Å². The van der Waals surface area contributed by atoms with E-state index in [1.54, 1.807) is 6.07 Å². The maximum atomic E-state index is 9.77. The number of hydrogen-bond acceptors (Lipinski definition) is 1. The lowest BCUT2D eigenvalue weighted by Crippen LogP contribution is -2.13. The SMILES string of the molecule is CCCC1CCC(c2ccccc2-c2cccc(O)c2)CC1. The second-order valence-corrected chi connectivity index (χ2v) is 6.64. The van der Waals surface area contributed by atoms with Gasteiger partial charge in [0.2, 0.25) is 0 Å². The molecule has 22 heavy (non-hydrogen) atoms. The predicted octanol–water partition coefficient (Wildman–Crippen LogP) is 6.13. The molecule has 0 amide bonds. The maximum Gasteiger partial charge on any atom is 0.116 e. The molecule has 0 saturated heterocycles. The molecule has 0 atom stereocenters. The second kappa shape index (κ2) is 7.00. The third-order valence-corrected chi connectivity index (χ3v) is 5.10. The van der Waals surface area contributed by atoms with Crippen LogP contribution in [0.5, 0.6) is 5.75 Å². The van der Waals surface area contributed by atoms with Crippen LogP contribution in [0.1, 0.15) is 56.9 Å². The van der Waals surface area contributed by atoms with Crippen LogP contribution >= 0.6 is 0 Å². The molecule has 3 rings (SSSR count). The molecule has 1 N–H and O–H groups in total. The van der Waals surface area contributed by atoms with Gasteiger partial charge in [0.05, 0.1) is 0 Å². The van der Waals surface area contributed by atoms with E-state index in [0.717, 1.165) is 11.5 Å². The number of benzene rings is 2. The standard InChI is InChI=1S/C21H26O/c1-2-6-16-11-13-17(14-12-16)20-9-3-4-10-21(20)18-7-5-8-19(22)15-18/h3-5,7-10,15-17,22H,2,6,11-14H2,1H3. The summed E-state index contributed by atoms with van der Waals surface area (Å²) in [7, 11) is 0. The summed E-state index contributed by atoms with van der Waals surface area (Å²) in [5, 5.41) is 9.77. The van der Waals surface area contributed by atoms with Crippen LogP contribution in [0.3, 0.4) is 0 Å². The zero-order valence-electron chi connectivity index (χ0n) is 13.5. The average molecular weight is 294 g/mol. The first kappa shape index (κ1) is 15.1. The summed E-state index contributed by atoms with van der Waals surface area (Å²) in [6.07, 6.45) is 8.05. The summed E-state index contributed by atoms with van der Waals surface area (Å²) in [5.74, 6) is 1.96. The van der Waals surface area contributed by atoms with Gasteiger partial charge in [0.15, 0.2) is 0 Å². The first-order chi connectivity index (χ1) is 10.8. The van der Waals surface area contributed by atoms with Gasteiger partial charge in [-0.05, 0) is 66.3 Å². The van der Waals surface area contributed by atoms with Crippen LogP contribution in [0.25, 0.3) is 11.1 Å². The van der Waals surface area contributed by atoms with Crippen LogP contribution in [0.4, 0.5) is 0 Å². The van der Waals surface area contributed by atoms with E-state index in [9.17, 15) is 5.11 Å². The number of phenolic OH excluding ortho intramolecular Hbond substituents is 1. The molecular formula is C21H26O. The lowest BCUT2D eigenvalue weighted by Gasteiger charge is -2.30. The molecule has 0 heterocycles. The fourth-order valence-corrected chi connectivity index (χ4v) is 3.96. The molecule has 1 aliphatic rings. The summed E-state index contributed by atoms with van der Waals surface area (Å²) < 4.78 is 0. The van der Waals surface area contributed by atoms with E-state index in [2.05, 4.69) is 37.3 Å². The molecule has 2 aromatic carbocycles. The van der Waals surface area contributed by atoms with Crippen molar-refractivity contribution in [3.05, 3.63) is 54.1 Å². The Morgan fingerprint density at radius 1 is 0.955 bits per heavy atom. The van der Waals surface area contributed by atoms with Gasteiger partial charge in [-0.25, -0.2) is 0 Å². The van der Waals surface area contributed by atoms with Crippen LogP contribution in [-0.2, 0) is 0 Å². The topological polar surface area (TPSA) is 20.2 Å². The highest BCUT2D eigenvalue weighted by Gasteiger charge is 2.23. The first-order valence-corrected chi connectivity index (χ1v) is 8.66. The molecule has 116 valence electrons. The lowest BCUT2D eigenvalue weighted by molar-refractivity contribution is 0.308. The van der Waals surface area contributed by atoms with E-state index in [1.807, 2.05) is 12.1 Å². The average Bonchev–Trinajstić information content (AvgIpc) is 2.56. The number of hydrogen-bond donors (Lipinski definition) is 1. The quantitative estimate of drug-likeness (QED) is 0.718. The van der Waals surface area contributed by atoms with Crippen molar-refractivity contribution in [1.29, 1.82) is 0 Å². The predicted molar refractivity (Wildman–Crippen MR) is 93.1 cm³/mol. The highest BCUT2D eigenvalue weighted by atomic mass is 16.3. The molecule has 1 heteroatoms. The van der Waals surface area contributed by atoms with Crippen molar-refractivity contribution >= 4 is 0 Å². The van der Waals surface area contributed by atoms with E-state index < -0.39 is 0 Å². The smallest absolute Gasteiger partial charge is 0.116 e. The van der Waals surface area contributed by atoms with Crippen molar-refractivity contribution in [3.63, 3.8) is 0 Å². The second-order valence-electron chi connectivity index (χ2n) is 6.64. The normalized spacial score (nSPS) is 21.7. The van der Waals surface area contributed by atoms with Crippen molar-refractivity contribution in [1.82, 2.24) is 0 Å². The summed E-state index contributed by atoms with van der Waals surface area (Å²) in [6.45, 7) is 2.29. The van der Waals surface area contributed by atoms with Gasteiger partial charge in [-0.1, -0.05) is 56.2 Å². The molecule has 0 aliphatic heterocycles. The van der Waals surface area contributed by atoms with Crippen molar-refractivity contribution in [2.75, 3.05) is 0 Å². The number of rotatable bonds is 4. The Labute approximate surface area is 134 Å². The Hall–Kier alpha value is -1.76. The minimum absolute atomic E-state index is 0.346. The first-order valence-electron chi connectivity index (χ1n) is 8.66. The van der Waals surface area contributed by atoms with Crippen molar-refractivity contribution in [3.8, 4) is 16.9 Å². The minimum atomic E-state index is 0.346. The van der Waals surface area contributed by atoms with Gasteiger partial charge >= 0.3 is 0 Å². The Morgan fingerprint density at radius 3 is 2.45 bits per heavy atom. The monoisotopic (exact) mass is 294 g/mol. The van der Waals surface area contributed by atoms with Crippen LogP contribution in [0, 0.1) is 5.92 Å². The van der Waals surface area contributed by atoms with Crippen molar-refractivity contribution < 1.29 is 5.11 Å². The fourth-order valence-electron chi connectivity index (χ4n) is 3.96. The highest BCUT2D eigenvalue weighted by molar-refractivity contribution is 5.69. The van der Waals surface area contributed by atoms with Gasteiger partial charge in [0.1, 0.15) is 5.75 Å². The molecule has 2 aromatic rings. The van der Waals surface area contributed by atoms with Gasteiger partial charge < -0.3 is 5.11 Å². The third kappa shape index (κ3) is 3.35. The van der Waals surface area contributed by atoms with Crippen LogP contribution in [0.15, 0.2) is 48.5 Å². The third-order valence-electron chi connectivity index (χ3n) is 5.10. The van der Waals surface area contributed by atoms with Crippen molar-refractivity contribution in [2.45, 2.75) is 51.4 Å². The Morgan fingerprint density at radius 2 is 1.73 bits per heavy atom. The van der Waals surface area contributed by atoms with Gasteiger partial charge in [-0.3, -0.25) is 0 Å². The van der Waals surface area contributed by atoms with E-state index >= 15 is 0 Å². The van der Waals surface area contributed by atoms with Gasteiger partial charge in [0.25, 0.3) is 0 Å². The molecule has 0 bridgehead atoms. The summed E-state index contributed by atoms with van der Waals surface area (Å²) in [6, 6.07) is 16.4. The van der Waals surface area contributed by atoms with E-state index in [4.69, 9.17) is 0 Å². The molecule has 0 radical (unpaired) electrons. The zero-order chi connectivity index (χ0) is 15.4. The van der Waals surface area contributed by atoms with Gasteiger partial charge in [-0.2, -0.15) is 0 Å². The summed E-state index contributed by atoms with van der Waals surface area (Å²) in [5.41, 5.74) is 3.88. The molecule has 1 saturated carbocycles. The Kier molecular flexibility index (Phi) is 4.82. The number of aromatic hydroxyl groups is 1. The van der Waals surface area contributed by atoms with Crippen LogP contribution in [-0.4, -0.2) is 5.11 Å². The molecule has 0 unspecified atom stereocenters. The molecule has 1 fully saturated rings. The zero-order valence-corrected chi connectivity index (χ0v) is 13.5. The van der Waals surface area contributed by atoms with Crippen LogP contribution in [0.2, 0.25) is 0 Å². The molecule has 0 aromatic heterocycles. The van der Waals surface area contributed by atoms with E-state index in [-0.39, 0.29) is 0 Å². The van der Waals surface area contributed by atoms with E-state index in [0.29, 0.717) is 11.7 Å². The molecule has 1 aliphatic carbocycles. The largest absolute Gasteiger partial charge is 0.508 e. The van der Waals surface area contributed by atoms with E-state index in [1.165, 1.54) is 49.7 Å². The lowest BCUT2D eigenvalue weighted by atomic mass is 9.75. The Bertz CT molecular complexity index is 609. The fraction of sp³-hybridized carbons (Fsp3) is 0.429. The van der Waals surface area contributed by atoms with Crippen molar-refractivity contribution in [2.24, 2.45) is 5.92 Å². The summed E-state index contributed by atoms with van der Waals surface area (Å²) >= 11 is 0. The maximum absolute atomic E-state index is 9.77. The molecule has 0 spiro atoms. The van der Waals surface area contributed by atoms with Gasteiger partial charge in [-0.15, -0.1) is 0 Å². The molecule has 1 nitrogen and oxygen atoms in total. The molecular weight excluding hydrogens is 268 g/mol. The minimum Gasteiger partial charge on any atom is -0.508 e. The Balaban J connectivity index is 1.83.